The first-order valence-electron chi connectivity index (χ1n) is 6.52. The number of carbonyl (C=O) groups is 1. The summed E-state index contributed by atoms with van der Waals surface area (Å²) in [6.45, 7) is 2.68. The van der Waals surface area contributed by atoms with Crippen LogP contribution >= 0.6 is 0 Å². The Labute approximate surface area is 110 Å². The smallest absolute Gasteiger partial charge is 0.326 e. The molecule has 0 bridgehead atoms. The van der Waals surface area contributed by atoms with Crippen molar-refractivity contribution >= 4 is 23.1 Å². The Morgan fingerprint density at radius 3 is 3.11 bits per heavy atom. The van der Waals surface area contributed by atoms with Crippen LogP contribution in [0.2, 0.25) is 0 Å². The highest BCUT2D eigenvalue weighted by Gasteiger charge is 2.31. The van der Waals surface area contributed by atoms with Gasteiger partial charge in [-0.05, 0) is 43.9 Å². The van der Waals surface area contributed by atoms with Crippen molar-refractivity contribution in [1.29, 1.82) is 0 Å². The zero-order valence-corrected chi connectivity index (χ0v) is 10.8. The highest BCUT2D eigenvalue weighted by Crippen LogP contribution is 2.28. The van der Waals surface area contributed by atoms with Crippen LogP contribution in [0.25, 0.3) is 11.1 Å². The quantitative estimate of drug-likeness (QED) is 0.899. The van der Waals surface area contributed by atoms with Crippen molar-refractivity contribution in [2.45, 2.75) is 32.2 Å². The van der Waals surface area contributed by atoms with E-state index in [1.807, 2.05) is 25.1 Å². The standard InChI is InChI=1S/C14H16N2O3/c1-9-5-6-12-10(8-9)15-14(19-12)16-7-3-2-4-11(16)13(17)18/h5-6,8,11H,2-4,7H2,1H3,(H,17,18)/t11-/m0/s1. The van der Waals surface area contributed by atoms with E-state index in [9.17, 15) is 9.90 Å². The Balaban J connectivity index is 1.99. The van der Waals surface area contributed by atoms with Crippen molar-refractivity contribution in [2.24, 2.45) is 0 Å². The summed E-state index contributed by atoms with van der Waals surface area (Å²) in [5, 5.41) is 9.28. The van der Waals surface area contributed by atoms with E-state index in [-0.39, 0.29) is 0 Å². The van der Waals surface area contributed by atoms with E-state index in [0.717, 1.165) is 23.9 Å². The number of carboxylic acids is 1. The Kier molecular flexibility index (Phi) is 2.89. The highest BCUT2D eigenvalue weighted by molar-refractivity contribution is 5.79. The largest absolute Gasteiger partial charge is 0.480 e. The number of aromatic nitrogens is 1. The van der Waals surface area contributed by atoms with Crippen LogP contribution < -0.4 is 4.90 Å². The summed E-state index contributed by atoms with van der Waals surface area (Å²) in [4.78, 5) is 17.5. The molecule has 5 heteroatoms. The number of piperidine rings is 1. The van der Waals surface area contributed by atoms with E-state index in [4.69, 9.17) is 4.42 Å². The molecule has 1 aliphatic rings. The van der Waals surface area contributed by atoms with Crippen LogP contribution in [0.5, 0.6) is 0 Å². The van der Waals surface area contributed by atoms with Gasteiger partial charge >= 0.3 is 5.97 Å². The summed E-state index contributed by atoms with van der Waals surface area (Å²) in [5.41, 5.74) is 2.60. The van der Waals surface area contributed by atoms with Gasteiger partial charge in [0.05, 0.1) is 0 Å². The molecule has 2 heterocycles. The van der Waals surface area contributed by atoms with Crippen LogP contribution in [0.1, 0.15) is 24.8 Å². The maximum absolute atomic E-state index is 11.3. The fraction of sp³-hybridized carbons (Fsp3) is 0.429. The summed E-state index contributed by atoms with van der Waals surface area (Å²) in [6, 6.07) is 5.68. The van der Waals surface area contributed by atoms with E-state index in [1.54, 1.807) is 4.90 Å². The van der Waals surface area contributed by atoms with Crippen LogP contribution in [0.4, 0.5) is 6.01 Å². The lowest BCUT2D eigenvalue weighted by Gasteiger charge is -2.31. The molecule has 2 aromatic rings. The van der Waals surface area contributed by atoms with Gasteiger partial charge in [-0.3, -0.25) is 0 Å². The van der Waals surface area contributed by atoms with Gasteiger partial charge < -0.3 is 14.4 Å². The van der Waals surface area contributed by atoms with Gasteiger partial charge in [0.1, 0.15) is 11.6 Å². The predicted molar refractivity (Wildman–Crippen MR) is 71.4 cm³/mol. The third kappa shape index (κ3) is 2.16. The minimum Gasteiger partial charge on any atom is -0.480 e. The molecule has 1 atom stereocenters. The molecule has 1 aromatic heterocycles. The molecular weight excluding hydrogens is 244 g/mol. The number of benzene rings is 1. The highest BCUT2D eigenvalue weighted by atomic mass is 16.4. The molecule has 3 rings (SSSR count). The van der Waals surface area contributed by atoms with Crippen LogP contribution in [0.15, 0.2) is 22.6 Å². The molecule has 0 aliphatic carbocycles. The predicted octanol–water partition coefficient (Wildman–Crippen LogP) is 2.58. The molecule has 100 valence electrons. The second-order valence-corrected chi connectivity index (χ2v) is 5.01. The molecule has 0 radical (unpaired) electrons. The van der Waals surface area contributed by atoms with E-state index in [0.29, 0.717) is 24.6 Å². The number of anilines is 1. The number of fused-ring (bicyclic) bond motifs is 1. The van der Waals surface area contributed by atoms with Crippen molar-refractivity contribution < 1.29 is 14.3 Å². The third-order valence-corrected chi connectivity index (χ3v) is 3.57. The van der Waals surface area contributed by atoms with Crippen molar-refractivity contribution in [2.75, 3.05) is 11.4 Å². The molecule has 19 heavy (non-hydrogen) atoms. The Hall–Kier alpha value is -2.04. The van der Waals surface area contributed by atoms with Gasteiger partial charge in [-0.15, -0.1) is 0 Å². The molecule has 1 N–H and O–H groups in total. The fourth-order valence-corrected chi connectivity index (χ4v) is 2.57. The van der Waals surface area contributed by atoms with Gasteiger partial charge in [0.15, 0.2) is 5.58 Å². The van der Waals surface area contributed by atoms with E-state index in [1.165, 1.54) is 0 Å². The zero-order valence-electron chi connectivity index (χ0n) is 10.8. The maximum atomic E-state index is 11.3. The summed E-state index contributed by atoms with van der Waals surface area (Å²) in [5.74, 6) is -0.807. The SMILES string of the molecule is Cc1ccc2oc(N3CCCC[C@H]3C(=O)O)nc2c1. The average molecular weight is 260 g/mol. The number of rotatable bonds is 2. The molecule has 0 unspecified atom stereocenters. The second kappa shape index (κ2) is 4.57. The molecule has 0 amide bonds. The van der Waals surface area contributed by atoms with Gasteiger partial charge in [-0.1, -0.05) is 6.07 Å². The minimum atomic E-state index is -0.807. The van der Waals surface area contributed by atoms with Crippen molar-refractivity contribution in [1.82, 2.24) is 4.98 Å². The normalized spacial score (nSPS) is 19.8. The first-order valence-corrected chi connectivity index (χ1v) is 6.52. The lowest BCUT2D eigenvalue weighted by atomic mass is 10.0. The van der Waals surface area contributed by atoms with E-state index in [2.05, 4.69) is 4.98 Å². The van der Waals surface area contributed by atoms with Crippen molar-refractivity contribution in [3.8, 4) is 0 Å². The summed E-state index contributed by atoms with van der Waals surface area (Å²) >= 11 is 0. The van der Waals surface area contributed by atoms with E-state index < -0.39 is 12.0 Å². The molecule has 1 aromatic carbocycles. The van der Waals surface area contributed by atoms with Gasteiger partial charge in [0.2, 0.25) is 0 Å². The topological polar surface area (TPSA) is 66.6 Å². The number of carboxylic acid groups (broad SMARTS) is 1. The molecule has 0 spiro atoms. The number of aliphatic carboxylic acids is 1. The lowest BCUT2D eigenvalue weighted by Crippen LogP contribution is -2.44. The van der Waals surface area contributed by atoms with E-state index >= 15 is 0 Å². The lowest BCUT2D eigenvalue weighted by molar-refractivity contribution is -0.139. The second-order valence-electron chi connectivity index (χ2n) is 5.01. The van der Waals surface area contributed by atoms with Crippen molar-refractivity contribution in [3.05, 3.63) is 23.8 Å². The molecule has 1 fully saturated rings. The molecular formula is C14H16N2O3. The Morgan fingerprint density at radius 2 is 2.32 bits per heavy atom. The summed E-state index contributed by atoms with van der Waals surface area (Å²) < 4.78 is 5.69. The van der Waals surface area contributed by atoms with Crippen LogP contribution in [0.3, 0.4) is 0 Å². The average Bonchev–Trinajstić information content (AvgIpc) is 2.81. The first kappa shape index (κ1) is 12.0. The monoisotopic (exact) mass is 260 g/mol. The number of aryl methyl sites for hydroxylation is 1. The Morgan fingerprint density at radius 1 is 1.47 bits per heavy atom. The number of hydrogen-bond donors (Lipinski definition) is 1. The summed E-state index contributed by atoms with van der Waals surface area (Å²) in [6.07, 6.45) is 2.56. The van der Waals surface area contributed by atoms with Gasteiger partial charge in [-0.25, -0.2) is 4.79 Å². The maximum Gasteiger partial charge on any atom is 0.326 e. The Bertz CT molecular complexity index is 620. The van der Waals surface area contributed by atoms with Gasteiger partial charge in [0.25, 0.3) is 6.01 Å². The van der Waals surface area contributed by atoms with Crippen LogP contribution in [-0.4, -0.2) is 28.6 Å². The molecule has 0 saturated carbocycles. The number of nitrogens with zero attached hydrogens (tertiary/aromatic N) is 2. The fourth-order valence-electron chi connectivity index (χ4n) is 2.57. The summed E-state index contributed by atoms with van der Waals surface area (Å²) in [7, 11) is 0. The van der Waals surface area contributed by atoms with Crippen molar-refractivity contribution in [3.63, 3.8) is 0 Å². The molecule has 1 aliphatic heterocycles. The number of hydrogen-bond acceptors (Lipinski definition) is 4. The van der Waals surface area contributed by atoms with Gasteiger partial charge in [0, 0.05) is 6.54 Å². The molecule has 5 nitrogen and oxygen atoms in total. The minimum absolute atomic E-state index is 0.424. The zero-order chi connectivity index (χ0) is 13.4. The van der Waals surface area contributed by atoms with Gasteiger partial charge in [-0.2, -0.15) is 4.98 Å². The third-order valence-electron chi connectivity index (χ3n) is 3.57. The van der Waals surface area contributed by atoms with Crippen LogP contribution in [0, 0.1) is 6.92 Å². The number of oxazole rings is 1. The van der Waals surface area contributed by atoms with Crippen LogP contribution in [-0.2, 0) is 4.79 Å². The molecule has 1 saturated heterocycles. The first-order chi connectivity index (χ1) is 9.15.